The molecule has 0 bridgehead atoms. The van der Waals surface area contributed by atoms with Crippen LogP contribution in [-0.2, 0) is 32.5 Å². The van der Waals surface area contributed by atoms with Gasteiger partial charge in [-0.1, -0.05) is 48.0 Å². The van der Waals surface area contributed by atoms with E-state index in [0.717, 1.165) is 68.8 Å². The minimum Gasteiger partial charge on any atom is -0.494 e. The first kappa shape index (κ1) is 39.3. The number of sulfonamides is 1. The molecule has 5 N–H and O–H groups in total. The van der Waals surface area contributed by atoms with Crippen molar-refractivity contribution in [2.24, 2.45) is 0 Å². The Hall–Kier alpha value is -4.96. The van der Waals surface area contributed by atoms with Gasteiger partial charge in [0.25, 0.3) is 0 Å². The van der Waals surface area contributed by atoms with Gasteiger partial charge in [-0.25, -0.2) is 13.4 Å². The number of piperidine rings is 2. The second-order valence-corrected chi connectivity index (χ2v) is 16.7. The Bertz CT molecular complexity index is 2160. The molecular formula is C40H48ClN9O5S. The van der Waals surface area contributed by atoms with E-state index in [0.29, 0.717) is 71.4 Å². The third-order valence-electron chi connectivity index (χ3n) is 10.6. The Morgan fingerprint density at radius 1 is 0.929 bits per heavy atom. The maximum atomic E-state index is 12.5. The van der Waals surface area contributed by atoms with Crippen LogP contribution in [0.25, 0.3) is 0 Å². The molecule has 1 atom stereocenters. The van der Waals surface area contributed by atoms with Crippen molar-refractivity contribution < 1.29 is 22.7 Å². The van der Waals surface area contributed by atoms with Crippen LogP contribution in [0.3, 0.4) is 0 Å². The van der Waals surface area contributed by atoms with Crippen LogP contribution in [0.1, 0.15) is 48.3 Å². The highest BCUT2D eigenvalue weighted by Gasteiger charge is 2.30. The van der Waals surface area contributed by atoms with Gasteiger partial charge in [0, 0.05) is 56.9 Å². The van der Waals surface area contributed by atoms with Crippen molar-refractivity contribution >= 4 is 68.0 Å². The van der Waals surface area contributed by atoms with Gasteiger partial charge in [0.15, 0.2) is 5.82 Å². The number of carbonyl (C=O) groups is 2. The number of nitrogens with one attached hydrogen (secondary N) is 5. The van der Waals surface area contributed by atoms with Gasteiger partial charge in [0.05, 0.1) is 42.5 Å². The SMILES string of the molecule is COc1cc(N2CCC(NCCNCCc3ccc(C4CCC(=O)NC4=O)cc3)CC2)ccc1Nc1ncc(Cl)c(Nc2cccc3c2N(S(C)(=O)=O)CC3)n1. The summed E-state index contributed by atoms with van der Waals surface area (Å²) in [5, 5.41) is 16.4. The first-order valence-corrected chi connectivity index (χ1v) is 21.2. The number of nitrogens with zero attached hydrogens (tertiary/aromatic N) is 4. The summed E-state index contributed by atoms with van der Waals surface area (Å²) in [6, 6.07) is 20.3. The van der Waals surface area contributed by atoms with Gasteiger partial charge < -0.3 is 30.9 Å². The smallest absolute Gasteiger partial charge is 0.234 e. The number of rotatable bonds is 15. The fourth-order valence-corrected chi connectivity index (χ4v) is 8.70. The van der Waals surface area contributed by atoms with Crippen LogP contribution in [0.15, 0.2) is 66.9 Å². The number of benzene rings is 3. The summed E-state index contributed by atoms with van der Waals surface area (Å²) in [6.45, 7) is 4.87. The first-order valence-electron chi connectivity index (χ1n) is 19.0. The zero-order chi connectivity index (χ0) is 39.2. The number of aromatic nitrogens is 2. The minimum absolute atomic E-state index is 0.190. The number of para-hydroxylation sites is 1. The number of hydrogen-bond donors (Lipinski definition) is 5. The second kappa shape index (κ2) is 17.5. The summed E-state index contributed by atoms with van der Waals surface area (Å²) in [5.74, 6) is 0.658. The molecule has 1 aromatic heterocycles. The molecule has 56 heavy (non-hydrogen) atoms. The lowest BCUT2D eigenvalue weighted by atomic mass is 9.90. The van der Waals surface area contributed by atoms with Crippen LogP contribution in [-0.4, -0.2) is 88.9 Å². The number of methoxy groups -OCH3 is 1. The summed E-state index contributed by atoms with van der Waals surface area (Å²) in [6.07, 6.45) is 7.25. The zero-order valence-corrected chi connectivity index (χ0v) is 33.2. The third-order valence-corrected chi connectivity index (χ3v) is 12.0. The lowest BCUT2D eigenvalue weighted by Gasteiger charge is -2.34. The van der Waals surface area contributed by atoms with Crippen molar-refractivity contribution in [3.8, 4) is 5.75 Å². The standard InChI is InChI=1S/C40H48ClN9O5S/c1-55-35-24-30(10-12-33(35)46-40-44-25-32(41)38(48-40)45-34-5-3-4-28-15-23-50(37(28)34)56(2,53)54)49-21-16-29(17-22-49)43-20-19-42-18-14-26-6-8-27(9-7-26)31-11-13-36(51)47-39(31)52/h3-10,12,24-25,29,31,42-43H,11,13-23H2,1-2H3,(H,47,51,52)(H2,44,45,46,48). The molecule has 2 saturated heterocycles. The molecule has 3 aliphatic rings. The normalized spacial score (nSPS) is 17.4. The predicted molar refractivity (Wildman–Crippen MR) is 220 cm³/mol. The summed E-state index contributed by atoms with van der Waals surface area (Å²) < 4.78 is 32.1. The van der Waals surface area contributed by atoms with Gasteiger partial charge >= 0.3 is 0 Å². The number of carbonyl (C=O) groups excluding carboxylic acids is 2. The number of fused-ring (bicyclic) bond motifs is 1. The van der Waals surface area contributed by atoms with E-state index in [4.69, 9.17) is 16.3 Å². The molecule has 4 heterocycles. The summed E-state index contributed by atoms with van der Waals surface area (Å²) in [4.78, 5) is 35.0. The van der Waals surface area contributed by atoms with Gasteiger partial charge in [0.2, 0.25) is 27.8 Å². The maximum Gasteiger partial charge on any atom is 0.234 e. The highest BCUT2D eigenvalue weighted by atomic mass is 35.5. The molecule has 7 rings (SSSR count). The van der Waals surface area contributed by atoms with Crippen LogP contribution < -0.4 is 40.5 Å². The lowest BCUT2D eigenvalue weighted by molar-refractivity contribution is -0.134. The lowest BCUT2D eigenvalue weighted by Crippen LogP contribution is -2.44. The fraction of sp³-hybridized carbons (Fsp3) is 0.400. The number of anilines is 6. The minimum atomic E-state index is -3.45. The van der Waals surface area contributed by atoms with E-state index in [1.807, 2.05) is 42.5 Å². The average Bonchev–Trinajstić information content (AvgIpc) is 3.65. The van der Waals surface area contributed by atoms with Crippen molar-refractivity contribution in [1.82, 2.24) is 25.9 Å². The molecule has 14 nitrogen and oxygen atoms in total. The van der Waals surface area contributed by atoms with E-state index in [9.17, 15) is 18.0 Å². The number of amides is 2. The Balaban J connectivity index is 0.860. The maximum absolute atomic E-state index is 12.5. The van der Waals surface area contributed by atoms with Gasteiger partial charge in [-0.3, -0.25) is 19.2 Å². The zero-order valence-electron chi connectivity index (χ0n) is 31.6. The van der Waals surface area contributed by atoms with Crippen LogP contribution >= 0.6 is 11.6 Å². The topological polar surface area (TPSA) is 170 Å². The van der Waals surface area contributed by atoms with Crippen molar-refractivity contribution in [1.29, 1.82) is 0 Å². The van der Waals surface area contributed by atoms with Crippen LogP contribution in [0.5, 0.6) is 5.75 Å². The molecule has 1 unspecified atom stereocenters. The summed E-state index contributed by atoms with van der Waals surface area (Å²) in [5.41, 5.74) is 6.08. The highest BCUT2D eigenvalue weighted by molar-refractivity contribution is 7.92. The second-order valence-electron chi connectivity index (χ2n) is 14.4. The van der Waals surface area contributed by atoms with Gasteiger partial charge in [-0.2, -0.15) is 4.98 Å². The van der Waals surface area contributed by atoms with E-state index in [1.54, 1.807) is 7.11 Å². The van der Waals surface area contributed by atoms with Crippen LogP contribution in [0.2, 0.25) is 5.02 Å². The molecule has 2 fully saturated rings. The number of hydrogen-bond acceptors (Lipinski definition) is 12. The van der Waals surface area contributed by atoms with Gasteiger partial charge in [-0.05, 0) is 73.5 Å². The molecule has 0 radical (unpaired) electrons. The van der Waals surface area contributed by atoms with Crippen molar-refractivity contribution in [2.75, 3.05) is 72.5 Å². The van der Waals surface area contributed by atoms with Gasteiger partial charge in [-0.15, -0.1) is 0 Å². The van der Waals surface area contributed by atoms with E-state index in [-0.39, 0.29) is 17.7 Å². The van der Waals surface area contributed by atoms with E-state index < -0.39 is 10.0 Å². The number of halogens is 1. The number of imide groups is 1. The molecule has 4 aromatic rings. The summed E-state index contributed by atoms with van der Waals surface area (Å²) >= 11 is 6.50. The highest BCUT2D eigenvalue weighted by Crippen LogP contribution is 2.40. The number of ether oxygens (including phenoxy) is 1. The van der Waals surface area contributed by atoms with E-state index >= 15 is 0 Å². The Morgan fingerprint density at radius 3 is 2.48 bits per heavy atom. The molecule has 296 valence electrons. The van der Waals surface area contributed by atoms with Crippen LogP contribution in [0.4, 0.5) is 34.5 Å². The predicted octanol–water partition coefficient (Wildman–Crippen LogP) is 4.86. The molecule has 16 heteroatoms. The van der Waals surface area contributed by atoms with Crippen molar-refractivity contribution in [3.63, 3.8) is 0 Å². The molecule has 0 saturated carbocycles. The van der Waals surface area contributed by atoms with Crippen molar-refractivity contribution in [2.45, 2.75) is 50.5 Å². The molecule has 0 spiro atoms. The summed E-state index contributed by atoms with van der Waals surface area (Å²) in [7, 11) is -1.82. The van der Waals surface area contributed by atoms with E-state index in [2.05, 4.69) is 59.7 Å². The molecular weight excluding hydrogens is 754 g/mol. The quantitative estimate of drug-likeness (QED) is 0.0819. The Morgan fingerprint density at radius 2 is 1.73 bits per heavy atom. The largest absolute Gasteiger partial charge is 0.494 e. The first-order chi connectivity index (χ1) is 27.1. The Kier molecular flexibility index (Phi) is 12.2. The molecule has 2 amide bonds. The fourth-order valence-electron chi connectivity index (χ4n) is 7.59. The monoisotopic (exact) mass is 801 g/mol. The molecule has 3 aromatic carbocycles. The molecule has 3 aliphatic heterocycles. The van der Waals surface area contributed by atoms with Crippen molar-refractivity contribution in [3.05, 3.63) is 88.6 Å². The molecule has 0 aliphatic carbocycles. The third kappa shape index (κ3) is 9.35. The average molecular weight is 802 g/mol. The van der Waals surface area contributed by atoms with E-state index in [1.165, 1.54) is 22.3 Å². The van der Waals surface area contributed by atoms with Gasteiger partial charge in [0.1, 0.15) is 10.8 Å². The van der Waals surface area contributed by atoms with Crippen LogP contribution in [0, 0.1) is 0 Å². The Labute approximate surface area is 332 Å².